The van der Waals surface area contributed by atoms with Gasteiger partial charge in [-0.2, -0.15) is 0 Å². The lowest BCUT2D eigenvalue weighted by molar-refractivity contribution is -0.122. The van der Waals surface area contributed by atoms with Crippen LogP contribution in [0, 0.1) is 12.8 Å². The highest BCUT2D eigenvalue weighted by Gasteiger charge is 2.20. The first kappa shape index (κ1) is 18.7. The third kappa shape index (κ3) is 5.79. The fourth-order valence-electron chi connectivity index (χ4n) is 1.85. The number of hydrogen-bond acceptors (Lipinski definition) is 6. The number of ether oxygens (including phenoxy) is 1. The number of anilines is 1. The summed E-state index contributed by atoms with van der Waals surface area (Å²) < 4.78 is 6.64. The molecule has 2 aromatic rings. The Balaban J connectivity index is 1.92. The fraction of sp³-hybridized carbons (Fsp3) is 0.471. The number of thioether (sulfide) groups is 1. The van der Waals surface area contributed by atoms with E-state index in [-0.39, 0.29) is 5.91 Å². The van der Waals surface area contributed by atoms with Gasteiger partial charge in [0.2, 0.25) is 5.13 Å². The summed E-state index contributed by atoms with van der Waals surface area (Å²) >= 11 is 3.05. The van der Waals surface area contributed by atoms with Crippen molar-refractivity contribution >= 4 is 34.1 Å². The van der Waals surface area contributed by atoms with Gasteiger partial charge >= 0.3 is 0 Å². The Kier molecular flexibility index (Phi) is 7.05. The van der Waals surface area contributed by atoms with Crippen molar-refractivity contribution in [3.8, 4) is 5.75 Å². The van der Waals surface area contributed by atoms with E-state index in [4.69, 9.17) is 4.74 Å². The molecule has 0 saturated heterocycles. The lowest BCUT2D eigenvalue weighted by Gasteiger charge is -2.16. The van der Waals surface area contributed by atoms with Gasteiger partial charge in [-0.15, -0.1) is 10.2 Å². The highest BCUT2D eigenvalue weighted by atomic mass is 32.2. The summed E-state index contributed by atoms with van der Waals surface area (Å²) in [5.41, 5.74) is 1.15. The van der Waals surface area contributed by atoms with Gasteiger partial charge in [0, 0.05) is 5.75 Å². The van der Waals surface area contributed by atoms with Crippen molar-refractivity contribution in [2.45, 2.75) is 44.6 Å². The Morgan fingerprint density at radius 3 is 2.62 bits per heavy atom. The van der Waals surface area contributed by atoms with Crippen molar-refractivity contribution < 1.29 is 9.53 Å². The maximum absolute atomic E-state index is 12.4. The molecular weight excluding hydrogens is 342 g/mol. The van der Waals surface area contributed by atoms with Gasteiger partial charge in [-0.25, -0.2) is 0 Å². The molecule has 1 heterocycles. The van der Waals surface area contributed by atoms with Gasteiger partial charge in [0.1, 0.15) is 5.75 Å². The van der Waals surface area contributed by atoms with Gasteiger partial charge in [-0.05, 0) is 31.4 Å². The van der Waals surface area contributed by atoms with Gasteiger partial charge in [0.05, 0.1) is 0 Å². The molecule has 0 unspecified atom stereocenters. The number of rotatable bonds is 8. The zero-order chi connectivity index (χ0) is 17.5. The molecule has 0 radical (unpaired) electrons. The zero-order valence-corrected chi connectivity index (χ0v) is 16.0. The predicted molar refractivity (Wildman–Crippen MR) is 100.0 cm³/mol. The van der Waals surface area contributed by atoms with Crippen LogP contribution in [-0.4, -0.2) is 28.0 Å². The number of carbonyl (C=O) groups is 1. The highest BCUT2D eigenvalue weighted by molar-refractivity contribution is 8.01. The number of benzene rings is 1. The van der Waals surface area contributed by atoms with Crippen LogP contribution in [0.3, 0.4) is 0 Å². The molecule has 0 aliphatic carbocycles. The van der Waals surface area contributed by atoms with Crippen LogP contribution >= 0.6 is 23.1 Å². The lowest BCUT2D eigenvalue weighted by Crippen LogP contribution is -2.32. The standard InChI is InChI=1S/C17H23N3O2S2/c1-5-14(22-13-8-6-12(4)7-9-13)15(21)18-16-19-20-17(24-16)23-10-11(2)3/h6-9,11,14H,5,10H2,1-4H3,(H,18,19,21)/t14-/m0/s1. The predicted octanol–water partition coefficient (Wildman–Crippen LogP) is 4.39. The van der Waals surface area contributed by atoms with Crippen molar-refractivity contribution in [1.82, 2.24) is 10.2 Å². The number of aryl methyl sites for hydroxylation is 1. The molecule has 130 valence electrons. The molecule has 0 saturated carbocycles. The van der Waals surface area contributed by atoms with Gasteiger partial charge in [0.15, 0.2) is 10.4 Å². The Labute approximate surface area is 151 Å². The van der Waals surface area contributed by atoms with Crippen LogP contribution in [0.15, 0.2) is 28.6 Å². The quantitative estimate of drug-likeness (QED) is 0.555. The minimum Gasteiger partial charge on any atom is -0.481 e. The Morgan fingerprint density at radius 1 is 1.29 bits per heavy atom. The number of nitrogens with one attached hydrogen (secondary N) is 1. The summed E-state index contributed by atoms with van der Waals surface area (Å²) in [6, 6.07) is 7.67. The van der Waals surface area contributed by atoms with Crippen molar-refractivity contribution in [1.29, 1.82) is 0 Å². The van der Waals surface area contributed by atoms with Crippen molar-refractivity contribution in [2.24, 2.45) is 5.92 Å². The van der Waals surface area contributed by atoms with E-state index in [0.29, 0.717) is 23.2 Å². The van der Waals surface area contributed by atoms with E-state index in [9.17, 15) is 4.79 Å². The molecule has 0 bridgehead atoms. The monoisotopic (exact) mass is 365 g/mol. The van der Waals surface area contributed by atoms with E-state index in [0.717, 1.165) is 15.7 Å². The first-order valence-corrected chi connectivity index (χ1v) is 9.78. The largest absolute Gasteiger partial charge is 0.481 e. The summed E-state index contributed by atoms with van der Waals surface area (Å²) in [7, 11) is 0. The number of aromatic nitrogens is 2. The first-order chi connectivity index (χ1) is 11.5. The van der Waals surface area contributed by atoms with Crippen LogP contribution in [0.4, 0.5) is 5.13 Å². The fourth-order valence-corrected chi connectivity index (χ4v) is 3.58. The summed E-state index contributed by atoms with van der Waals surface area (Å²) in [5.74, 6) is 2.06. The molecule has 0 aliphatic heterocycles. The molecular formula is C17H23N3O2S2. The molecule has 1 N–H and O–H groups in total. The molecule has 2 rings (SSSR count). The second-order valence-electron chi connectivity index (χ2n) is 5.90. The number of hydrogen-bond donors (Lipinski definition) is 1. The molecule has 7 heteroatoms. The third-order valence-electron chi connectivity index (χ3n) is 3.14. The maximum Gasteiger partial charge on any atom is 0.267 e. The average Bonchev–Trinajstić information content (AvgIpc) is 2.99. The van der Waals surface area contributed by atoms with Gasteiger partial charge < -0.3 is 4.74 Å². The van der Waals surface area contributed by atoms with Crippen LogP contribution < -0.4 is 10.1 Å². The summed E-state index contributed by atoms with van der Waals surface area (Å²) in [6.45, 7) is 8.25. The van der Waals surface area contributed by atoms with Crippen molar-refractivity contribution in [3.63, 3.8) is 0 Å². The molecule has 1 aromatic heterocycles. The second-order valence-corrected chi connectivity index (χ2v) is 8.14. The number of carbonyl (C=O) groups excluding carboxylic acids is 1. The second kappa shape index (κ2) is 9.03. The Morgan fingerprint density at radius 2 is 2.00 bits per heavy atom. The lowest BCUT2D eigenvalue weighted by atomic mass is 10.2. The van der Waals surface area contributed by atoms with Crippen LogP contribution in [0.5, 0.6) is 5.75 Å². The topological polar surface area (TPSA) is 64.1 Å². The molecule has 1 amide bonds. The van der Waals surface area contributed by atoms with Crippen LogP contribution in [-0.2, 0) is 4.79 Å². The van der Waals surface area contributed by atoms with Gasteiger partial charge in [0.25, 0.3) is 5.91 Å². The van der Waals surface area contributed by atoms with Gasteiger partial charge in [-0.3, -0.25) is 10.1 Å². The molecule has 24 heavy (non-hydrogen) atoms. The smallest absolute Gasteiger partial charge is 0.267 e. The highest BCUT2D eigenvalue weighted by Crippen LogP contribution is 2.27. The Hall–Kier alpha value is -1.60. The Bertz CT molecular complexity index is 656. The summed E-state index contributed by atoms with van der Waals surface area (Å²) in [4.78, 5) is 12.4. The maximum atomic E-state index is 12.4. The average molecular weight is 366 g/mol. The summed E-state index contributed by atoms with van der Waals surface area (Å²) in [6.07, 6.45) is 0.0244. The van der Waals surface area contributed by atoms with E-state index >= 15 is 0 Å². The van der Waals surface area contributed by atoms with E-state index in [1.54, 1.807) is 11.8 Å². The van der Waals surface area contributed by atoms with Gasteiger partial charge in [-0.1, -0.05) is 61.6 Å². The minimum atomic E-state index is -0.552. The number of amides is 1. The van der Waals surface area contributed by atoms with Crippen LogP contribution in [0.25, 0.3) is 0 Å². The zero-order valence-electron chi connectivity index (χ0n) is 14.4. The summed E-state index contributed by atoms with van der Waals surface area (Å²) in [5, 5.41) is 11.4. The molecule has 0 fully saturated rings. The molecule has 0 aliphatic rings. The van der Waals surface area contributed by atoms with Crippen LogP contribution in [0.1, 0.15) is 32.8 Å². The minimum absolute atomic E-state index is 0.199. The SMILES string of the molecule is CC[C@H](Oc1ccc(C)cc1)C(=O)Nc1nnc(SCC(C)C)s1. The third-order valence-corrected chi connectivity index (χ3v) is 5.54. The van der Waals surface area contributed by atoms with E-state index in [1.165, 1.54) is 11.3 Å². The van der Waals surface area contributed by atoms with E-state index < -0.39 is 6.10 Å². The number of nitrogens with zero attached hydrogens (tertiary/aromatic N) is 2. The van der Waals surface area contributed by atoms with Crippen LogP contribution in [0.2, 0.25) is 0 Å². The molecule has 5 nitrogen and oxygen atoms in total. The molecule has 1 aromatic carbocycles. The van der Waals surface area contributed by atoms with Crippen molar-refractivity contribution in [3.05, 3.63) is 29.8 Å². The van der Waals surface area contributed by atoms with E-state index in [1.807, 2.05) is 38.1 Å². The normalized spacial score (nSPS) is 12.2. The van der Waals surface area contributed by atoms with Crippen molar-refractivity contribution in [2.75, 3.05) is 11.1 Å². The molecule has 0 spiro atoms. The molecule has 1 atom stereocenters. The van der Waals surface area contributed by atoms with E-state index in [2.05, 4.69) is 29.4 Å². The first-order valence-electron chi connectivity index (χ1n) is 7.98.